The second kappa shape index (κ2) is 4.02. The summed E-state index contributed by atoms with van der Waals surface area (Å²) in [7, 11) is 0.609. The van der Waals surface area contributed by atoms with E-state index in [0.29, 0.717) is 4.90 Å². The lowest BCUT2D eigenvalue weighted by atomic mass is 10.0. The largest absolute Gasteiger partial charge is 0.312 e. The Hall–Kier alpha value is -0.740. The van der Waals surface area contributed by atoms with Crippen LogP contribution in [0.4, 0.5) is 4.39 Å². The summed E-state index contributed by atoms with van der Waals surface area (Å²) in [5.41, 5.74) is 0.850. The molecule has 1 heterocycles. The fourth-order valence-corrected chi connectivity index (χ4v) is 4.01. The Balaban J connectivity index is 2.56. The normalized spacial score (nSPS) is 29.1. The third-order valence-corrected chi connectivity index (χ3v) is 4.88. The van der Waals surface area contributed by atoms with Crippen molar-refractivity contribution in [3.63, 3.8) is 0 Å². The summed E-state index contributed by atoms with van der Waals surface area (Å²) >= 11 is 0. The van der Waals surface area contributed by atoms with Gasteiger partial charge in [0.05, 0.1) is 20.9 Å². The maximum atomic E-state index is 13.5. The van der Waals surface area contributed by atoms with E-state index in [-0.39, 0.29) is 17.1 Å². The van der Waals surface area contributed by atoms with Crippen molar-refractivity contribution in [3.8, 4) is 0 Å². The van der Waals surface area contributed by atoms with E-state index >= 15 is 0 Å². The molecule has 2 rings (SSSR count). The molecule has 1 aromatic carbocycles. The van der Waals surface area contributed by atoms with Crippen molar-refractivity contribution in [2.45, 2.75) is 29.5 Å². The fraction of sp³-hybridized carbons (Fsp3) is 0.455. The fourth-order valence-electron chi connectivity index (χ4n) is 2.19. The van der Waals surface area contributed by atoms with Gasteiger partial charge in [0.15, 0.2) is 0 Å². The molecule has 0 radical (unpaired) electrons. The van der Waals surface area contributed by atoms with Crippen molar-refractivity contribution in [2.24, 2.45) is 0 Å². The predicted octanol–water partition coefficient (Wildman–Crippen LogP) is 1.99. The summed E-state index contributed by atoms with van der Waals surface area (Å²) in [4.78, 5) is 0.392. The molecule has 1 aliphatic heterocycles. The summed E-state index contributed by atoms with van der Waals surface area (Å²) in [5, 5.41) is 3.11. The van der Waals surface area contributed by atoms with Gasteiger partial charge in [-0.15, -0.1) is 0 Å². The zero-order valence-electron chi connectivity index (χ0n) is 8.79. The topological polar surface area (TPSA) is 29.1 Å². The van der Waals surface area contributed by atoms with Crippen molar-refractivity contribution >= 4 is 10.8 Å². The number of nitrogens with one attached hydrogen (secondary N) is 1. The lowest BCUT2D eigenvalue weighted by molar-refractivity contribution is 0.546. The van der Waals surface area contributed by atoms with Crippen LogP contribution in [0, 0.1) is 5.82 Å². The van der Waals surface area contributed by atoms with Crippen LogP contribution in [-0.4, -0.2) is 16.5 Å². The second-order valence-corrected chi connectivity index (χ2v) is 5.28. The lowest BCUT2D eigenvalue weighted by Gasteiger charge is -2.16. The van der Waals surface area contributed by atoms with E-state index in [4.69, 9.17) is 0 Å². The molecule has 15 heavy (non-hydrogen) atoms. The molecule has 0 fully saturated rings. The van der Waals surface area contributed by atoms with Gasteiger partial charge >= 0.3 is 0 Å². The van der Waals surface area contributed by atoms with Crippen molar-refractivity contribution in [2.75, 3.05) is 7.05 Å². The molecule has 0 bridgehead atoms. The van der Waals surface area contributed by atoms with Crippen LogP contribution in [0.25, 0.3) is 0 Å². The summed E-state index contributed by atoms with van der Waals surface area (Å²) in [6.45, 7) is 1.98. The van der Waals surface area contributed by atoms with E-state index in [9.17, 15) is 8.60 Å². The van der Waals surface area contributed by atoms with Gasteiger partial charge in [-0.1, -0.05) is 19.1 Å². The van der Waals surface area contributed by atoms with Crippen LogP contribution in [0.2, 0.25) is 0 Å². The van der Waals surface area contributed by atoms with Crippen LogP contribution < -0.4 is 5.32 Å². The van der Waals surface area contributed by atoms with Gasteiger partial charge in [0, 0.05) is 6.04 Å². The van der Waals surface area contributed by atoms with E-state index in [2.05, 4.69) is 5.32 Å². The number of hydrogen-bond donors (Lipinski definition) is 1. The number of fused-ring (bicyclic) bond motifs is 1. The van der Waals surface area contributed by atoms with E-state index in [1.807, 2.05) is 20.0 Å². The van der Waals surface area contributed by atoms with Gasteiger partial charge in [0.1, 0.15) is 5.82 Å². The first-order chi connectivity index (χ1) is 7.20. The van der Waals surface area contributed by atoms with Gasteiger partial charge in [-0.3, -0.25) is 4.21 Å². The molecule has 0 saturated heterocycles. The SMILES string of the molecule is CCC1C(NC)c2cccc(F)c2S1=O. The molecule has 3 unspecified atom stereocenters. The van der Waals surface area contributed by atoms with Crippen LogP contribution in [0.15, 0.2) is 23.1 Å². The second-order valence-electron chi connectivity index (χ2n) is 3.67. The molecule has 1 N–H and O–H groups in total. The number of hydrogen-bond acceptors (Lipinski definition) is 2. The van der Waals surface area contributed by atoms with Crippen molar-refractivity contribution in [3.05, 3.63) is 29.6 Å². The highest BCUT2D eigenvalue weighted by atomic mass is 32.2. The number of rotatable bonds is 2. The van der Waals surface area contributed by atoms with Crippen LogP contribution in [0.3, 0.4) is 0 Å². The average Bonchev–Trinajstić information content (AvgIpc) is 2.52. The standard InChI is InChI=1S/C11H14FNOS/c1-3-9-10(13-2)7-5-4-6-8(12)11(7)15(9)14/h4-6,9-10,13H,3H2,1-2H3. The van der Waals surface area contributed by atoms with Gasteiger partial charge in [-0.2, -0.15) is 0 Å². The van der Waals surface area contributed by atoms with Gasteiger partial charge < -0.3 is 5.32 Å². The number of halogens is 1. The molecule has 2 nitrogen and oxygen atoms in total. The molecule has 4 heteroatoms. The third-order valence-electron chi connectivity index (χ3n) is 2.89. The van der Waals surface area contributed by atoms with Crippen molar-refractivity contribution in [1.29, 1.82) is 0 Å². The Morgan fingerprint density at radius 2 is 2.27 bits per heavy atom. The molecule has 82 valence electrons. The van der Waals surface area contributed by atoms with Crippen LogP contribution in [0.5, 0.6) is 0 Å². The summed E-state index contributed by atoms with van der Waals surface area (Å²) < 4.78 is 25.6. The summed E-state index contributed by atoms with van der Waals surface area (Å²) in [6, 6.07) is 4.92. The quantitative estimate of drug-likeness (QED) is 0.837. The molecular weight excluding hydrogens is 213 g/mol. The molecule has 0 saturated carbocycles. The molecule has 0 aromatic heterocycles. The van der Waals surface area contributed by atoms with E-state index in [1.165, 1.54) is 6.07 Å². The molecule has 0 aliphatic carbocycles. The minimum atomic E-state index is -1.21. The molecular formula is C11H14FNOS. The smallest absolute Gasteiger partial charge is 0.139 e. The third kappa shape index (κ3) is 1.52. The first-order valence-corrected chi connectivity index (χ1v) is 6.28. The predicted molar refractivity (Wildman–Crippen MR) is 58.7 cm³/mol. The van der Waals surface area contributed by atoms with Crippen molar-refractivity contribution in [1.82, 2.24) is 5.32 Å². The number of benzene rings is 1. The Morgan fingerprint density at radius 1 is 1.53 bits per heavy atom. The zero-order valence-corrected chi connectivity index (χ0v) is 9.60. The Bertz CT molecular complexity index is 408. The Morgan fingerprint density at radius 3 is 2.87 bits per heavy atom. The van der Waals surface area contributed by atoms with Gasteiger partial charge in [0.2, 0.25) is 0 Å². The van der Waals surface area contributed by atoms with E-state index in [1.54, 1.807) is 6.07 Å². The maximum Gasteiger partial charge on any atom is 0.139 e. The summed E-state index contributed by atoms with van der Waals surface area (Å²) in [5.74, 6) is -0.345. The monoisotopic (exact) mass is 227 g/mol. The highest BCUT2D eigenvalue weighted by Crippen LogP contribution is 2.38. The Labute approximate surface area is 91.3 Å². The van der Waals surface area contributed by atoms with Gasteiger partial charge in [-0.05, 0) is 25.1 Å². The highest BCUT2D eigenvalue weighted by Gasteiger charge is 2.38. The minimum Gasteiger partial charge on any atom is -0.312 e. The molecule has 1 aliphatic rings. The van der Waals surface area contributed by atoms with E-state index < -0.39 is 10.8 Å². The molecule has 0 amide bonds. The van der Waals surface area contributed by atoms with Crippen LogP contribution >= 0.6 is 0 Å². The first-order valence-electron chi connectivity index (χ1n) is 5.07. The summed E-state index contributed by atoms with van der Waals surface area (Å²) in [6.07, 6.45) is 0.784. The minimum absolute atomic E-state index is 0.0121. The van der Waals surface area contributed by atoms with E-state index in [0.717, 1.165) is 12.0 Å². The molecule has 0 spiro atoms. The van der Waals surface area contributed by atoms with Crippen molar-refractivity contribution < 1.29 is 8.60 Å². The Kier molecular flexibility index (Phi) is 2.89. The highest BCUT2D eigenvalue weighted by molar-refractivity contribution is 7.86. The maximum absolute atomic E-state index is 13.5. The molecule has 1 aromatic rings. The van der Waals surface area contributed by atoms with Gasteiger partial charge in [0.25, 0.3) is 0 Å². The first kappa shape index (κ1) is 10.8. The van der Waals surface area contributed by atoms with Crippen LogP contribution in [0.1, 0.15) is 24.9 Å². The zero-order chi connectivity index (χ0) is 11.0. The van der Waals surface area contributed by atoms with Crippen LogP contribution in [-0.2, 0) is 10.8 Å². The molecule has 3 atom stereocenters. The van der Waals surface area contributed by atoms with Gasteiger partial charge in [-0.25, -0.2) is 4.39 Å². The average molecular weight is 227 g/mol. The lowest BCUT2D eigenvalue weighted by Crippen LogP contribution is -2.26.